The molecule has 9 aromatic rings. The third-order valence-electron chi connectivity index (χ3n) is 9.27. The molecular formula is C42H28N4. The highest BCUT2D eigenvalue weighted by Gasteiger charge is 2.23. The molecular weight excluding hydrogens is 560 g/mol. The van der Waals surface area contributed by atoms with Crippen LogP contribution in [0, 0.1) is 10.8 Å². The number of rotatable bonds is 5. The topological polar surface area (TPSA) is 57.6 Å². The van der Waals surface area contributed by atoms with Gasteiger partial charge in [0.15, 0.2) is 0 Å². The lowest BCUT2D eigenvalue weighted by atomic mass is 10.0. The van der Waals surface area contributed by atoms with Gasteiger partial charge in [0, 0.05) is 39.5 Å². The number of para-hydroxylation sites is 2. The predicted octanol–water partition coefficient (Wildman–Crippen LogP) is 10.7. The van der Waals surface area contributed by atoms with Crippen LogP contribution in [-0.4, -0.2) is 21.6 Å². The van der Waals surface area contributed by atoms with Gasteiger partial charge in [0.25, 0.3) is 0 Å². The zero-order chi connectivity index (χ0) is 30.8. The molecule has 216 valence electrons. The van der Waals surface area contributed by atoms with E-state index in [0.717, 1.165) is 66.3 Å². The second kappa shape index (κ2) is 10.1. The van der Waals surface area contributed by atoms with Gasteiger partial charge in [-0.2, -0.15) is 0 Å². The molecule has 0 saturated heterocycles. The monoisotopic (exact) mass is 588 g/mol. The summed E-state index contributed by atoms with van der Waals surface area (Å²) in [6.45, 7) is 0. The number of aromatic nitrogens is 2. The molecule has 0 atom stereocenters. The molecule has 4 heteroatoms. The minimum atomic E-state index is 0.745. The van der Waals surface area contributed by atoms with Crippen molar-refractivity contribution in [1.29, 1.82) is 10.8 Å². The smallest absolute Gasteiger partial charge is 0.0791 e. The van der Waals surface area contributed by atoms with E-state index >= 15 is 0 Å². The average molecular weight is 589 g/mol. The Labute approximate surface area is 265 Å². The minimum Gasteiger partial charge on any atom is -0.308 e. The van der Waals surface area contributed by atoms with Crippen LogP contribution in [0.4, 0.5) is 0 Å². The largest absolute Gasteiger partial charge is 0.308 e. The van der Waals surface area contributed by atoms with Gasteiger partial charge in [-0.1, -0.05) is 103 Å². The Balaban J connectivity index is 1.48. The molecule has 46 heavy (non-hydrogen) atoms. The van der Waals surface area contributed by atoms with E-state index in [9.17, 15) is 0 Å². The molecule has 9 rings (SSSR count). The first-order valence-electron chi connectivity index (χ1n) is 15.4. The highest BCUT2D eigenvalue weighted by molar-refractivity contribution is 6.22. The van der Waals surface area contributed by atoms with Crippen molar-refractivity contribution in [2.75, 3.05) is 0 Å². The molecule has 2 N–H and O–H groups in total. The molecule has 0 saturated carbocycles. The summed E-state index contributed by atoms with van der Waals surface area (Å²) >= 11 is 0. The summed E-state index contributed by atoms with van der Waals surface area (Å²) in [6.07, 6.45) is 2.80. The van der Waals surface area contributed by atoms with E-state index in [2.05, 4.69) is 149 Å². The summed E-state index contributed by atoms with van der Waals surface area (Å²) in [4.78, 5) is 0. The molecule has 0 aliphatic carbocycles. The number of hydrogen-bond donors (Lipinski definition) is 2. The van der Waals surface area contributed by atoms with Gasteiger partial charge in [0.1, 0.15) is 0 Å². The fourth-order valence-electron chi connectivity index (χ4n) is 7.29. The van der Waals surface area contributed by atoms with Crippen LogP contribution >= 0.6 is 0 Å². The second-order valence-electron chi connectivity index (χ2n) is 11.8. The Morgan fingerprint density at radius 2 is 1.07 bits per heavy atom. The van der Waals surface area contributed by atoms with Crippen LogP contribution in [0.1, 0.15) is 11.1 Å². The Hall–Kier alpha value is -6.26. The highest BCUT2D eigenvalue weighted by Crippen LogP contribution is 2.42. The van der Waals surface area contributed by atoms with Crippen molar-refractivity contribution in [2.24, 2.45) is 0 Å². The molecule has 7 aromatic carbocycles. The maximum Gasteiger partial charge on any atom is 0.0791 e. The van der Waals surface area contributed by atoms with E-state index in [0.29, 0.717) is 0 Å². The van der Waals surface area contributed by atoms with E-state index in [4.69, 9.17) is 10.8 Å². The molecule has 4 nitrogen and oxygen atoms in total. The zero-order valence-corrected chi connectivity index (χ0v) is 24.9. The standard InChI is InChI=1S/C42H28N4/c43-25-27-22-31(26-44)42(46-36-16-8-6-14-33(36)34-15-7-9-17-37(34)46)40(23-27)45-38-20-19-30(28-10-2-1-3-11-28)24-35(38)41-32-13-5-4-12-29(32)18-21-39(41)45/h1-26,43-44H. The summed E-state index contributed by atoms with van der Waals surface area (Å²) < 4.78 is 4.63. The predicted molar refractivity (Wildman–Crippen MR) is 194 cm³/mol. The summed E-state index contributed by atoms with van der Waals surface area (Å²) in [5.74, 6) is 0. The average Bonchev–Trinajstić information content (AvgIpc) is 3.64. The normalized spacial score (nSPS) is 11.7. The van der Waals surface area contributed by atoms with E-state index in [-0.39, 0.29) is 0 Å². The maximum atomic E-state index is 8.63. The fraction of sp³-hybridized carbons (Fsp3) is 0. The first-order valence-corrected chi connectivity index (χ1v) is 15.4. The van der Waals surface area contributed by atoms with E-state index < -0.39 is 0 Å². The third-order valence-corrected chi connectivity index (χ3v) is 9.27. The van der Waals surface area contributed by atoms with Crippen molar-refractivity contribution < 1.29 is 0 Å². The van der Waals surface area contributed by atoms with E-state index in [1.54, 1.807) is 0 Å². The van der Waals surface area contributed by atoms with Crippen LogP contribution < -0.4 is 0 Å². The lowest BCUT2D eigenvalue weighted by Gasteiger charge is -2.20. The van der Waals surface area contributed by atoms with Crippen molar-refractivity contribution in [3.63, 3.8) is 0 Å². The van der Waals surface area contributed by atoms with Crippen molar-refractivity contribution in [1.82, 2.24) is 9.13 Å². The van der Waals surface area contributed by atoms with Gasteiger partial charge in [-0.3, -0.25) is 0 Å². The number of hydrogen-bond acceptors (Lipinski definition) is 2. The number of benzene rings is 7. The first-order chi connectivity index (χ1) is 22.7. The van der Waals surface area contributed by atoms with Crippen LogP contribution in [0.15, 0.2) is 146 Å². The van der Waals surface area contributed by atoms with Gasteiger partial charge < -0.3 is 20.0 Å². The molecule has 0 fully saturated rings. The third kappa shape index (κ3) is 3.74. The van der Waals surface area contributed by atoms with Crippen LogP contribution in [0.2, 0.25) is 0 Å². The summed E-state index contributed by atoms with van der Waals surface area (Å²) in [7, 11) is 0. The minimum absolute atomic E-state index is 0.745. The van der Waals surface area contributed by atoms with Crippen LogP contribution in [0.25, 0.3) is 76.9 Å². The maximum absolute atomic E-state index is 8.63. The Morgan fingerprint density at radius 3 is 1.78 bits per heavy atom. The lowest BCUT2D eigenvalue weighted by molar-refractivity contribution is 1.09. The van der Waals surface area contributed by atoms with Gasteiger partial charge in [-0.05, 0) is 69.9 Å². The Morgan fingerprint density at radius 1 is 0.435 bits per heavy atom. The number of nitrogens with zero attached hydrogens (tertiary/aromatic N) is 2. The molecule has 0 bridgehead atoms. The highest BCUT2D eigenvalue weighted by atomic mass is 15.1. The van der Waals surface area contributed by atoms with Crippen molar-refractivity contribution in [3.05, 3.63) is 157 Å². The SMILES string of the molecule is N=Cc1cc(C=N)c(-n2c3ccccc3c3ccccc32)c(-n2c3ccc(-c4ccccc4)cc3c3c4ccccc4ccc32)c1. The molecule has 0 spiro atoms. The second-order valence-corrected chi connectivity index (χ2v) is 11.8. The molecule has 0 radical (unpaired) electrons. The van der Waals surface area contributed by atoms with Gasteiger partial charge in [-0.15, -0.1) is 0 Å². The van der Waals surface area contributed by atoms with Crippen LogP contribution in [0.3, 0.4) is 0 Å². The van der Waals surface area contributed by atoms with Gasteiger partial charge in [-0.25, -0.2) is 0 Å². The van der Waals surface area contributed by atoms with Crippen molar-refractivity contribution >= 4 is 66.8 Å². The molecule has 0 aliphatic rings. The molecule has 0 aliphatic heterocycles. The van der Waals surface area contributed by atoms with Gasteiger partial charge in [0.2, 0.25) is 0 Å². The lowest BCUT2D eigenvalue weighted by Crippen LogP contribution is -2.08. The Bertz CT molecular complexity index is 2620. The van der Waals surface area contributed by atoms with Crippen LogP contribution in [0.5, 0.6) is 0 Å². The van der Waals surface area contributed by atoms with Crippen molar-refractivity contribution in [3.8, 4) is 22.5 Å². The Kier molecular flexibility index (Phi) is 5.77. The summed E-state index contributed by atoms with van der Waals surface area (Å²) in [5, 5.41) is 24.0. The van der Waals surface area contributed by atoms with Crippen molar-refractivity contribution in [2.45, 2.75) is 0 Å². The summed E-state index contributed by atoms with van der Waals surface area (Å²) in [6, 6.07) is 51.3. The number of fused-ring (bicyclic) bond motifs is 8. The fourth-order valence-corrected chi connectivity index (χ4v) is 7.29. The molecule has 0 amide bonds. The quantitative estimate of drug-likeness (QED) is 0.188. The molecule has 0 unspecified atom stereocenters. The summed E-state index contributed by atoms with van der Waals surface area (Å²) in [5.41, 5.74) is 9.98. The van der Waals surface area contributed by atoms with Gasteiger partial charge >= 0.3 is 0 Å². The zero-order valence-electron chi connectivity index (χ0n) is 24.9. The number of nitrogens with one attached hydrogen (secondary N) is 2. The molecule has 2 aromatic heterocycles. The van der Waals surface area contributed by atoms with E-state index in [1.165, 1.54) is 34.2 Å². The molecule has 2 heterocycles. The van der Waals surface area contributed by atoms with Crippen LogP contribution in [-0.2, 0) is 0 Å². The van der Waals surface area contributed by atoms with E-state index in [1.807, 2.05) is 6.07 Å². The van der Waals surface area contributed by atoms with Gasteiger partial charge in [0.05, 0.1) is 33.4 Å². The first kappa shape index (κ1) is 26.2.